The van der Waals surface area contributed by atoms with Crippen molar-refractivity contribution in [2.45, 2.75) is 124 Å². The highest BCUT2D eigenvalue weighted by Gasteiger charge is 2.25. The summed E-state index contributed by atoms with van der Waals surface area (Å²) in [5, 5.41) is 0. The molecule has 1 aromatic carbocycles. The van der Waals surface area contributed by atoms with Gasteiger partial charge in [-0.25, -0.2) is 4.79 Å². The average molecular weight is 535 g/mol. The van der Waals surface area contributed by atoms with Gasteiger partial charge in [-0.3, -0.25) is 14.4 Å². The lowest BCUT2D eigenvalue weighted by Crippen LogP contribution is -2.16. The minimum Gasteiger partial charge on any atom is -0.462 e. The minimum absolute atomic E-state index is 0.0417. The molecule has 0 amide bonds. The first-order valence-electron chi connectivity index (χ1n) is 14.3. The fourth-order valence-electron chi connectivity index (χ4n) is 3.62. The van der Waals surface area contributed by atoms with E-state index in [-0.39, 0.29) is 48.7 Å². The van der Waals surface area contributed by atoms with Gasteiger partial charge in [-0.1, -0.05) is 79.1 Å². The second-order valence-electron chi connectivity index (χ2n) is 9.44. The van der Waals surface area contributed by atoms with Gasteiger partial charge in [0.25, 0.3) is 0 Å². The average Bonchev–Trinajstić information content (AvgIpc) is 2.88. The molecule has 0 radical (unpaired) electrons. The molecule has 0 heterocycles. The number of hydrogen-bond acceptors (Lipinski definition) is 8. The quantitative estimate of drug-likeness (QED) is 0.0962. The third-order valence-electron chi connectivity index (χ3n) is 5.85. The Labute approximate surface area is 227 Å². The van der Waals surface area contributed by atoms with Crippen molar-refractivity contribution in [3.8, 4) is 17.2 Å². The van der Waals surface area contributed by atoms with Crippen molar-refractivity contribution < 1.29 is 38.1 Å². The molecule has 38 heavy (non-hydrogen) atoms. The molecule has 8 heteroatoms. The van der Waals surface area contributed by atoms with Gasteiger partial charge in [0.1, 0.15) is 0 Å². The van der Waals surface area contributed by atoms with E-state index in [9.17, 15) is 19.2 Å². The maximum atomic E-state index is 12.8. The highest BCUT2D eigenvalue weighted by atomic mass is 16.6. The Hall–Kier alpha value is -2.90. The Bertz CT molecular complexity index is 832. The summed E-state index contributed by atoms with van der Waals surface area (Å²) in [6.45, 7) is 8.36. The Morgan fingerprint density at radius 2 is 0.947 bits per heavy atom. The first kappa shape index (κ1) is 33.1. The second kappa shape index (κ2) is 20.1. The van der Waals surface area contributed by atoms with Crippen molar-refractivity contribution >= 4 is 23.9 Å². The number of hydrogen-bond donors (Lipinski definition) is 0. The maximum Gasteiger partial charge on any atom is 0.338 e. The largest absolute Gasteiger partial charge is 0.462 e. The third-order valence-corrected chi connectivity index (χ3v) is 5.85. The second-order valence-corrected chi connectivity index (χ2v) is 9.44. The summed E-state index contributed by atoms with van der Waals surface area (Å²) >= 11 is 0. The summed E-state index contributed by atoms with van der Waals surface area (Å²) in [5.74, 6) is -2.72. The Morgan fingerprint density at radius 1 is 0.553 bits per heavy atom. The summed E-state index contributed by atoms with van der Waals surface area (Å²) in [6.07, 6.45) is 10.4. The molecule has 0 aliphatic rings. The number of carbonyl (C=O) groups is 4. The molecule has 0 fully saturated rings. The van der Waals surface area contributed by atoms with Crippen molar-refractivity contribution in [3.63, 3.8) is 0 Å². The van der Waals surface area contributed by atoms with E-state index in [0.717, 1.165) is 51.4 Å². The maximum absolute atomic E-state index is 12.8. The van der Waals surface area contributed by atoms with Gasteiger partial charge in [-0.2, -0.15) is 0 Å². The summed E-state index contributed by atoms with van der Waals surface area (Å²) in [6, 6.07) is 2.62. The fourth-order valence-corrected chi connectivity index (χ4v) is 3.62. The molecule has 0 bridgehead atoms. The SMILES string of the molecule is CCCCCOC(=O)c1cc(OC(=O)CCCCC)c(OC(=O)CCCCC)c(OC(=O)CCCCC)c1. The van der Waals surface area contributed by atoms with E-state index >= 15 is 0 Å². The van der Waals surface area contributed by atoms with Crippen LogP contribution in [0.25, 0.3) is 0 Å². The molecule has 0 aromatic heterocycles. The van der Waals surface area contributed by atoms with Crippen molar-refractivity contribution in [3.05, 3.63) is 17.7 Å². The van der Waals surface area contributed by atoms with Crippen molar-refractivity contribution in [2.24, 2.45) is 0 Å². The van der Waals surface area contributed by atoms with Gasteiger partial charge in [-0.15, -0.1) is 0 Å². The first-order valence-corrected chi connectivity index (χ1v) is 14.3. The van der Waals surface area contributed by atoms with Crippen LogP contribution in [0.15, 0.2) is 12.1 Å². The van der Waals surface area contributed by atoms with Crippen LogP contribution in [0.1, 0.15) is 134 Å². The predicted octanol–water partition coefficient (Wildman–Crippen LogP) is 7.49. The number of ether oxygens (including phenoxy) is 4. The van der Waals surface area contributed by atoms with Crippen molar-refractivity contribution in [2.75, 3.05) is 6.61 Å². The summed E-state index contributed by atoms with van der Waals surface area (Å²) < 4.78 is 22.1. The molecule has 0 saturated heterocycles. The predicted molar refractivity (Wildman–Crippen MR) is 146 cm³/mol. The molecule has 8 nitrogen and oxygen atoms in total. The summed E-state index contributed by atoms with van der Waals surface area (Å²) in [5.41, 5.74) is 0.0417. The molecular weight excluding hydrogens is 488 g/mol. The van der Waals surface area contributed by atoms with Gasteiger partial charge < -0.3 is 18.9 Å². The summed E-state index contributed by atoms with van der Waals surface area (Å²) in [7, 11) is 0. The van der Waals surface area contributed by atoms with Gasteiger partial charge in [0.15, 0.2) is 11.5 Å². The molecule has 0 aliphatic carbocycles. The van der Waals surface area contributed by atoms with Crippen LogP contribution in [-0.4, -0.2) is 30.5 Å². The van der Waals surface area contributed by atoms with E-state index in [2.05, 4.69) is 0 Å². The van der Waals surface area contributed by atoms with Crippen LogP contribution in [0.2, 0.25) is 0 Å². The molecule has 0 N–H and O–H groups in total. The molecule has 214 valence electrons. The van der Waals surface area contributed by atoms with Crippen LogP contribution in [0.4, 0.5) is 0 Å². The lowest BCUT2D eigenvalue weighted by molar-refractivity contribution is -0.138. The van der Waals surface area contributed by atoms with E-state index in [1.165, 1.54) is 12.1 Å². The lowest BCUT2D eigenvalue weighted by Gasteiger charge is -2.16. The molecule has 0 spiro atoms. The first-order chi connectivity index (χ1) is 18.4. The fraction of sp³-hybridized carbons (Fsp3) is 0.667. The van der Waals surface area contributed by atoms with Crippen molar-refractivity contribution in [1.29, 1.82) is 0 Å². The Kier molecular flexibility index (Phi) is 17.5. The molecule has 1 aromatic rings. The van der Waals surface area contributed by atoms with Gasteiger partial charge >= 0.3 is 23.9 Å². The Balaban J connectivity index is 3.35. The van der Waals surface area contributed by atoms with E-state index in [1.807, 2.05) is 27.7 Å². The molecule has 1 rings (SSSR count). The lowest BCUT2D eigenvalue weighted by atomic mass is 10.1. The van der Waals surface area contributed by atoms with E-state index < -0.39 is 23.9 Å². The van der Waals surface area contributed by atoms with Gasteiger partial charge in [0.2, 0.25) is 5.75 Å². The standard InChI is InChI=1S/C30H46O8/c1-5-9-13-17-26(31)36-24-21-23(30(34)35-20-16-12-8-4)22-25(37-27(32)18-14-10-6-2)29(24)38-28(33)19-15-11-7-3/h21-22H,5-20H2,1-4H3. The Morgan fingerprint density at radius 3 is 1.37 bits per heavy atom. The van der Waals surface area contributed by atoms with E-state index in [4.69, 9.17) is 18.9 Å². The van der Waals surface area contributed by atoms with Crippen LogP contribution >= 0.6 is 0 Å². The van der Waals surface area contributed by atoms with Crippen LogP contribution < -0.4 is 14.2 Å². The van der Waals surface area contributed by atoms with E-state index in [1.54, 1.807) is 0 Å². The number of esters is 4. The zero-order valence-corrected chi connectivity index (χ0v) is 23.7. The number of unbranched alkanes of at least 4 members (excludes halogenated alkanes) is 8. The van der Waals surface area contributed by atoms with Gasteiger partial charge in [0, 0.05) is 19.3 Å². The van der Waals surface area contributed by atoms with Crippen LogP contribution in [0, 0.1) is 0 Å². The van der Waals surface area contributed by atoms with Crippen LogP contribution in [0.5, 0.6) is 17.2 Å². The monoisotopic (exact) mass is 534 g/mol. The van der Waals surface area contributed by atoms with Crippen molar-refractivity contribution in [1.82, 2.24) is 0 Å². The molecule has 0 atom stereocenters. The highest BCUT2D eigenvalue weighted by molar-refractivity contribution is 5.92. The normalized spacial score (nSPS) is 10.6. The van der Waals surface area contributed by atoms with E-state index in [0.29, 0.717) is 25.7 Å². The zero-order chi connectivity index (χ0) is 28.2. The van der Waals surface area contributed by atoms with Gasteiger partial charge in [0.05, 0.1) is 12.2 Å². The molecule has 0 aliphatic heterocycles. The van der Waals surface area contributed by atoms with Crippen LogP contribution in [0.3, 0.4) is 0 Å². The minimum atomic E-state index is -0.645. The molecule has 0 saturated carbocycles. The zero-order valence-electron chi connectivity index (χ0n) is 23.7. The van der Waals surface area contributed by atoms with Crippen LogP contribution in [-0.2, 0) is 19.1 Å². The number of rotatable bonds is 20. The van der Waals surface area contributed by atoms with Gasteiger partial charge in [-0.05, 0) is 37.8 Å². The number of benzene rings is 1. The highest BCUT2D eigenvalue weighted by Crippen LogP contribution is 2.40. The third kappa shape index (κ3) is 13.6. The number of carbonyl (C=O) groups excluding carboxylic acids is 4. The summed E-state index contributed by atoms with van der Waals surface area (Å²) in [4.78, 5) is 50.6. The molecule has 0 unspecified atom stereocenters. The molecular formula is C30H46O8. The topological polar surface area (TPSA) is 105 Å². The smallest absolute Gasteiger partial charge is 0.338 e.